The Labute approximate surface area is 154 Å². The van der Waals surface area contributed by atoms with Crippen molar-refractivity contribution in [2.75, 3.05) is 12.4 Å². The maximum Gasteiger partial charge on any atom is 0.265 e. The molecule has 0 aliphatic carbocycles. The number of rotatable bonds is 4. The molecule has 6 heteroatoms. The van der Waals surface area contributed by atoms with E-state index in [2.05, 4.69) is 10.3 Å². The highest BCUT2D eigenvalue weighted by molar-refractivity contribution is 7.17. The molecule has 2 aromatic carbocycles. The Kier molecular flexibility index (Phi) is 4.18. The molecule has 4 rings (SSSR count). The second-order valence-corrected chi connectivity index (χ2v) is 6.89. The summed E-state index contributed by atoms with van der Waals surface area (Å²) < 4.78 is 7.33. The van der Waals surface area contributed by atoms with Crippen LogP contribution in [0.15, 0.2) is 60.7 Å². The van der Waals surface area contributed by atoms with Crippen LogP contribution in [0, 0.1) is 0 Å². The number of imidazole rings is 1. The molecule has 5 nitrogen and oxygen atoms in total. The van der Waals surface area contributed by atoms with E-state index in [1.807, 2.05) is 72.3 Å². The molecular formula is C20H17N3O2S. The molecule has 2 heterocycles. The molecule has 0 radical (unpaired) electrons. The van der Waals surface area contributed by atoms with E-state index in [4.69, 9.17) is 4.74 Å². The average Bonchev–Trinajstić information content (AvgIpc) is 3.28. The van der Waals surface area contributed by atoms with Crippen molar-refractivity contribution in [3.05, 3.63) is 65.5 Å². The van der Waals surface area contributed by atoms with Gasteiger partial charge in [-0.25, -0.2) is 4.98 Å². The molecular weight excluding hydrogens is 346 g/mol. The van der Waals surface area contributed by atoms with E-state index < -0.39 is 0 Å². The van der Waals surface area contributed by atoms with Crippen LogP contribution in [0.25, 0.3) is 21.7 Å². The summed E-state index contributed by atoms with van der Waals surface area (Å²) in [6, 6.07) is 19.1. The quantitative estimate of drug-likeness (QED) is 0.578. The molecule has 130 valence electrons. The minimum atomic E-state index is -0.162. The number of carbonyl (C=O) groups excluding carboxylic acids is 1. The summed E-state index contributed by atoms with van der Waals surface area (Å²) in [7, 11) is 3.57. The first-order valence-corrected chi connectivity index (χ1v) is 8.95. The smallest absolute Gasteiger partial charge is 0.265 e. The number of para-hydroxylation sites is 4. The molecule has 0 saturated heterocycles. The maximum absolute atomic E-state index is 12.6. The maximum atomic E-state index is 12.6. The van der Waals surface area contributed by atoms with E-state index in [0.29, 0.717) is 16.3 Å². The zero-order chi connectivity index (χ0) is 18.1. The Morgan fingerprint density at radius 2 is 1.85 bits per heavy atom. The third-order valence-electron chi connectivity index (χ3n) is 4.19. The van der Waals surface area contributed by atoms with Gasteiger partial charge in [0.1, 0.15) is 5.75 Å². The molecule has 0 atom stereocenters. The highest BCUT2D eigenvalue weighted by Gasteiger charge is 2.16. The highest BCUT2D eigenvalue weighted by Crippen LogP contribution is 2.31. The third-order valence-corrected chi connectivity index (χ3v) is 5.27. The van der Waals surface area contributed by atoms with E-state index >= 15 is 0 Å². The van der Waals surface area contributed by atoms with Gasteiger partial charge in [-0.1, -0.05) is 24.3 Å². The molecule has 0 aliphatic heterocycles. The second kappa shape index (κ2) is 6.65. The monoisotopic (exact) mass is 363 g/mol. The number of anilines is 1. The number of thiophene rings is 1. The van der Waals surface area contributed by atoms with Gasteiger partial charge < -0.3 is 14.6 Å². The molecule has 0 unspecified atom stereocenters. The lowest BCUT2D eigenvalue weighted by Gasteiger charge is -2.08. The Morgan fingerprint density at radius 1 is 1.08 bits per heavy atom. The summed E-state index contributed by atoms with van der Waals surface area (Å²) in [5, 5.41) is 2.90. The van der Waals surface area contributed by atoms with Gasteiger partial charge in [0.05, 0.1) is 33.6 Å². The van der Waals surface area contributed by atoms with Gasteiger partial charge in [0.2, 0.25) is 0 Å². The Morgan fingerprint density at radius 3 is 2.65 bits per heavy atom. The number of nitrogens with one attached hydrogen (secondary N) is 1. The lowest BCUT2D eigenvalue weighted by molar-refractivity contribution is 0.103. The first kappa shape index (κ1) is 16.4. The Balaban J connectivity index is 1.63. The third kappa shape index (κ3) is 2.84. The number of aryl methyl sites for hydroxylation is 1. The topological polar surface area (TPSA) is 56.1 Å². The molecule has 2 aromatic heterocycles. The first-order valence-electron chi connectivity index (χ1n) is 8.13. The van der Waals surface area contributed by atoms with Crippen molar-refractivity contribution < 1.29 is 9.53 Å². The number of fused-ring (bicyclic) bond motifs is 1. The van der Waals surface area contributed by atoms with Crippen molar-refractivity contribution in [2.24, 2.45) is 7.05 Å². The lowest BCUT2D eigenvalue weighted by atomic mass is 10.3. The molecule has 1 amide bonds. The van der Waals surface area contributed by atoms with Crippen LogP contribution in [0.4, 0.5) is 5.69 Å². The zero-order valence-corrected chi connectivity index (χ0v) is 15.2. The summed E-state index contributed by atoms with van der Waals surface area (Å²) in [5.41, 5.74) is 2.66. The first-order chi connectivity index (χ1) is 12.7. The normalized spacial score (nSPS) is 10.8. The molecule has 0 aliphatic rings. The van der Waals surface area contributed by atoms with E-state index in [9.17, 15) is 4.79 Å². The van der Waals surface area contributed by atoms with Crippen molar-refractivity contribution in [1.29, 1.82) is 0 Å². The largest absolute Gasteiger partial charge is 0.495 e. The van der Waals surface area contributed by atoms with Crippen LogP contribution in [0.5, 0.6) is 5.75 Å². The van der Waals surface area contributed by atoms with Crippen LogP contribution < -0.4 is 10.1 Å². The summed E-state index contributed by atoms with van der Waals surface area (Å²) in [5.74, 6) is 1.32. The fourth-order valence-electron chi connectivity index (χ4n) is 2.88. The van der Waals surface area contributed by atoms with Crippen LogP contribution in [-0.4, -0.2) is 22.6 Å². The van der Waals surface area contributed by atoms with Gasteiger partial charge in [-0.15, -0.1) is 11.3 Å². The van der Waals surface area contributed by atoms with Crippen LogP contribution >= 0.6 is 11.3 Å². The fraction of sp³-hybridized carbons (Fsp3) is 0.100. The lowest BCUT2D eigenvalue weighted by Crippen LogP contribution is -2.10. The molecule has 1 N–H and O–H groups in total. The molecule has 0 spiro atoms. The number of hydrogen-bond donors (Lipinski definition) is 1. The number of aromatic nitrogens is 2. The molecule has 0 saturated carbocycles. The second-order valence-electron chi connectivity index (χ2n) is 5.80. The number of methoxy groups -OCH3 is 1. The van der Waals surface area contributed by atoms with Crippen LogP contribution in [-0.2, 0) is 7.05 Å². The number of nitrogens with zero attached hydrogens (tertiary/aromatic N) is 2. The molecule has 0 fully saturated rings. The predicted octanol–water partition coefficient (Wildman–Crippen LogP) is 4.56. The summed E-state index contributed by atoms with van der Waals surface area (Å²) in [6.45, 7) is 0. The van der Waals surface area contributed by atoms with Crippen LogP contribution in [0.3, 0.4) is 0 Å². The van der Waals surface area contributed by atoms with Gasteiger partial charge in [-0.2, -0.15) is 0 Å². The van der Waals surface area contributed by atoms with Crippen molar-refractivity contribution in [2.45, 2.75) is 0 Å². The summed E-state index contributed by atoms with van der Waals surface area (Å²) in [6.07, 6.45) is 0. The fourth-order valence-corrected chi connectivity index (χ4v) is 3.80. The van der Waals surface area contributed by atoms with E-state index in [0.717, 1.165) is 21.7 Å². The van der Waals surface area contributed by atoms with Crippen LogP contribution in [0.1, 0.15) is 9.67 Å². The average molecular weight is 363 g/mol. The van der Waals surface area contributed by atoms with Gasteiger partial charge in [0.15, 0.2) is 5.82 Å². The van der Waals surface area contributed by atoms with Gasteiger partial charge in [-0.05, 0) is 36.4 Å². The summed E-state index contributed by atoms with van der Waals surface area (Å²) in [4.78, 5) is 18.9. The number of amides is 1. The predicted molar refractivity (Wildman–Crippen MR) is 105 cm³/mol. The molecule has 4 aromatic rings. The van der Waals surface area contributed by atoms with Crippen molar-refractivity contribution in [3.63, 3.8) is 0 Å². The molecule has 0 bridgehead atoms. The van der Waals surface area contributed by atoms with E-state index in [1.54, 1.807) is 7.11 Å². The minimum absolute atomic E-state index is 0.162. The van der Waals surface area contributed by atoms with Crippen molar-refractivity contribution >= 4 is 34.0 Å². The minimum Gasteiger partial charge on any atom is -0.495 e. The van der Waals surface area contributed by atoms with Crippen molar-refractivity contribution in [1.82, 2.24) is 9.55 Å². The van der Waals surface area contributed by atoms with Gasteiger partial charge in [0.25, 0.3) is 5.91 Å². The molecule has 26 heavy (non-hydrogen) atoms. The zero-order valence-electron chi connectivity index (χ0n) is 14.4. The standard InChI is InChI=1S/C20H17N3O2S/c1-23-15-9-5-3-7-13(15)21-19(23)17-11-12-18(26-17)20(24)22-14-8-4-6-10-16(14)25-2/h3-12H,1-2H3,(H,22,24). The van der Waals surface area contributed by atoms with Gasteiger partial charge in [-0.3, -0.25) is 4.79 Å². The number of hydrogen-bond acceptors (Lipinski definition) is 4. The Bertz CT molecular complexity index is 1100. The van der Waals surface area contributed by atoms with Gasteiger partial charge >= 0.3 is 0 Å². The van der Waals surface area contributed by atoms with Crippen molar-refractivity contribution in [3.8, 4) is 16.5 Å². The van der Waals surface area contributed by atoms with E-state index in [1.165, 1.54) is 11.3 Å². The number of ether oxygens (including phenoxy) is 1. The van der Waals surface area contributed by atoms with Crippen LogP contribution in [0.2, 0.25) is 0 Å². The SMILES string of the molecule is COc1ccccc1NC(=O)c1ccc(-c2nc3ccccc3n2C)s1. The Hall–Kier alpha value is -3.12. The van der Waals surface area contributed by atoms with E-state index in [-0.39, 0.29) is 5.91 Å². The summed E-state index contributed by atoms with van der Waals surface area (Å²) >= 11 is 1.42. The highest BCUT2D eigenvalue weighted by atomic mass is 32.1. The number of benzene rings is 2. The number of carbonyl (C=O) groups is 1. The van der Waals surface area contributed by atoms with Gasteiger partial charge in [0, 0.05) is 7.05 Å².